The first kappa shape index (κ1) is 28.8. The third kappa shape index (κ3) is 3.93. The van der Waals surface area contributed by atoms with E-state index in [1.54, 1.807) is 11.0 Å². The average Bonchev–Trinajstić information content (AvgIpc) is 3.66. The van der Waals surface area contributed by atoms with E-state index in [1.807, 2.05) is 32.2 Å². The fraction of sp³-hybridized carbons (Fsp3) is 0.559. The molecule has 1 saturated heterocycles. The van der Waals surface area contributed by atoms with E-state index in [2.05, 4.69) is 32.7 Å². The number of benzene rings is 2. The first-order valence-corrected chi connectivity index (χ1v) is 14.9. The molecule has 7 heteroatoms. The van der Waals surface area contributed by atoms with Gasteiger partial charge in [0.1, 0.15) is 17.7 Å². The van der Waals surface area contributed by atoms with Crippen molar-refractivity contribution in [1.29, 1.82) is 0 Å². The van der Waals surface area contributed by atoms with E-state index < -0.39 is 17.1 Å². The lowest BCUT2D eigenvalue weighted by Gasteiger charge is -2.66. The molecule has 2 aromatic rings. The van der Waals surface area contributed by atoms with Crippen molar-refractivity contribution in [2.45, 2.75) is 88.5 Å². The number of halogens is 1. The number of phenols is 1. The summed E-state index contributed by atoms with van der Waals surface area (Å²) >= 11 is 0. The number of aromatic hydroxyl groups is 1. The molecule has 41 heavy (non-hydrogen) atoms. The maximum Gasteiger partial charge on any atom is 0.298 e. The predicted molar refractivity (Wildman–Crippen MR) is 169 cm³/mol. The molecule has 1 spiro atoms. The van der Waals surface area contributed by atoms with Crippen LogP contribution >= 0.6 is 24.0 Å². The number of piperidine rings is 1. The van der Waals surface area contributed by atoms with Crippen molar-refractivity contribution in [2.24, 2.45) is 5.92 Å². The van der Waals surface area contributed by atoms with Crippen molar-refractivity contribution >= 4 is 29.9 Å². The minimum Gasteiger partial charge on any atom is -0.504 e. The number of amides is 1. The summed E-state index contributed by atoms with van der Waals surface area (Å²) < 4.78 is 7.57. The van der Waals surface area contributed by atoms with Crippen LogP contribution in [0.1, 0.15) is 65.5 Å². The van der Waals surface area contributed by atoms with Crippen LogP contribution in [0.4, 0.5) is 0 Å². The summed E-state index contributed by atoms with van der Waals surface area (Å²) in [6, 6.07) is 7.64. The molecule has 2 aromatic carbocycles. The molecule has 218 valence electrons. The number of rotatable bonds is 3. The van der Waals surface area contributed by atoms with E-state index in [9.17, 15) is 15.0 Å². The second kappa shape index (κ2) is 9.62. The molecule has 3 aliphatic carbocycles. The summed E-state index contributed by atoms with van der Waals surface area (Å²) in [6.07, 6.45) is 4.98. The van der Waals surface area contributed by atoms with E-state index >= 15 is 0 Å². The van der Waals surface area contributed by atoms with Gasteiger partial charge in [-0.2, -0.15) is 0 Å². The van der Waals surface area contributed by atoms with Crippen LogP contribution in [0.15, 0.2) is 24.3 Å². The number of aryl methyl sites for hydroxylation is 1. The molecule has 2 saturated carbocycles. The maximum atomic E-state index is 13.5. The number of nitrogens with zero attached hydrogens (tertiary/aromatic N) is 2. The molecule has 5 aliphatic rings. The normalized spacial score (nSPS) is 34.0. The van der Waals surface area contributed by atoms with Crippen LogP contribution in [0.2, 0.25) is 0 Å². The Morgan fingerprint density at radius 2 is 1.88 bits per heavy atom. The topological polar surface area (TPSA) is 70.0 Å². The lowest BCUT2D eigenvalue weighted by Crippen LogP contribution is -2.82. The van der Waals surface area contributed by atoms with Gasteiger partial charge in [0.05, 0.1) is 31.6 Å². The first-order chi connectivity index (χ1) is 19.0. The molecule has 7 rings (SSSR count). The number of phenolic OH excluding ortho intramolecular Hbond substituents is 1. The Morgan fingerprint density at radius 1 is 1.12 bits per heavy atom. The lowest BCUT2D eigenvalue weighted by atomic mass is 9.47. The first-order valence-electron chi connectivity index (χ1n) is 14.9. The fourth-order valence-corrected chi connectivity index (χ4v) is 8.98. The highest BCUT2D eigenvalue weighted by atomic mass is 127. The molecule has 6 nitrogen and oxygen atoms in total. The zero-order chi connectivity index (χ0) is 28.2. The SMILES string of the molecule is Cc1ccc(C#CC(=O)N(C)[C@@H]2CC[C@@]3(O)[C@H]4Cc5ccc(O)c6c5[C@@]3(CC[N+]4(C)CC3CC3)[C@H]2O6)c(C)c1C.I. The van der Waals surface area contributed by atoms with Crippen LogP contribution in [0, 0.1) is 38.5 Å². The summed E-state index contributed by atoms with van der Waals surface area (Å²) in [6.45, 7) is 8.30. The van der Waals surface area contributed by atoms with Crippen molar-refractivity contribution in [2.75, 3.05) is 27.2 Å². The summed E-state index contributed by atoms with van der Waals surface area (Å²) in [5, 5.41) is 23.8. The maximum absolute atomic E-state index is 13.5. The summed E-state index contributed by atoms with van der Waals surface area (Å²) in [5.74, 6) is 7.19. The standard InChI is InChI=1S/C34H40N2O4.HI/c1-20-6-9-24(22(3)21(20)2)11-13-29(38)35(4)26-14-15-34(39)28-18-25-10-12-27(37)31-30(25)33(34,32(26)40-31)16-17-36(28,5)19-23-7-8-23;/h6,9-10,12,23,26,28,32,39H,7-8,14-19H2,1-5H3;1H/p+1/t26-,28-,32+,33+,34-,36?;/m1./s1. The number of likely N-dealkylation sites (N-methyl/N-ethyl adjacent to an activating group) is 2. The molecule has 2 heterocycles. The molecule has 3 fully saturated rings. The molecule has 1 unspecified atom stereocenters. The van der Waals surface area contributed by atoms with Crippen LogP contribution in [-0.2, 0) is 16.6 Å². The van der Waals surface area contributed by atoms with Gasteiger partial charge in [-0.25, -0.2) is 0 Å². The van der Waals surface area contributed by atoms with Gasteiger partial charge in [0.15, 0.2) is 11.5 Å². The second-order valence-electron chi connectivity index (χ2n) is 13.6. The van der Waals surface area contributed by atoms with Gasteiger partial charge in [-0.3, -0.25) is 4.79 Å². The number of ether oxygens (including phenoxy) is 1. The Kier molecular flexibility index (Phi) is 6.76. The van der Waals surface area contributed by atoms with E-state index in [0.717, 1.165) is 53.0 Å². The molecule has 0 aromatic heterocycles. The molecule has 1 amide bonds. The van der Waals surface area contributed by atoms with Gasteiger partial charge in [-0.05, 0) is 80.8 Å². The monoisotopic (exact) mass is 669 g/mol. The van der Waals surface area contributed by atoms with Crippen molar-refractivity contribution in [3.63, 3.8) is 0 Å². The molecule has 0 radical (unpaired) electrons. The zero-order valence-electron chi connectivity index (χ0n) is 24.8. The second-order valence-corrected chi connectivity index (χ2v) is 13.6. The van der Waals surface area contributed by atoms with E-state index in [1.165, 1.54) is 29.5 Å². The van der Waals surface area contributed by atoms with Crippen LogP contribution in [-0.4, -0.2) is 76.5 Å². The summed E-state index contributed by atoms with van der Waals surface area (Å²) in [4.78, 5) is 15.3. The number of quaternary nitrogens is 1. The third-order valence-corrected chi connectivity index (χ3v) is 11.6. The Balaban J connectivity index is 0.00000302. The molecule has 2 N–H and O–H groups in total. The van der Waals surface area contributed by atoms with Gasteiger partial charge in [-0.1, -0.05) is 18.1 Å². The fourth-order valence-electron chi connectivity index (χ4n) is 8.98. The molecule has 2 aliphatic heterocycles. The third-order valence-electron chi connectivity index (χ3n) is 11.6. The van der Waals surface area contributed by atoms with Gasteiger partial charge in [0, 0.05) is 42.9 Å². The largest absolute Gasteiger partial charge is 0.504 e. The number of carbonyl (C=O) groups is 1. The van der Waals surface area contributed by atoms with Gasteiger partial charge in [-0.15, -0.1) is 24.0 Å². The molecular formula is C34H42IN2O4+. The number of hydrogen-bond donors (Lipinski definition) is 2. The highest BCUT2D eigenvalue weighted by Crippen LogP contribution is 2.66. The zero-order valence-corrected chi connectivity index (χ0v) is 27.1. The van der Waals surface area contributed by atoms with Crippen molar-refractivity contribution in [3.8, 4) is 23.3 Å². The van der Waals surface area contributed by atoms with Crippen LogP contribution < -0.4 is 4.74 Å². The minimum absolute atomic E-state index is 0. The van der Waals surface area contributed by atoms with Crippen LogP contribution in [0.3, 0.4) is 0 Å². The minimum atomic E-state index is -0.950. The van der Waals surface area contributed by atoms with E-state index in [0.29, 0.717) is 18.6 Å². The lowest BCUT2D eigenvalue weighted by molar-refractivity contribution is -0.950. The van der Waals surface area contributed by atoms with Crippen molar-refractivity contribution < 1.29 is 24.2 Å². The quantitative estimate of drug-likeness (QED) is 0.287. The Morgan fingerprint density at radius 3 is 2.61 bits per heavy atom. The average molecular weight is 670 g/mol. The van der Waals surface area contributed by atoms with Gasteiger partial charge < -0.3 is 24.3 Å². The number of hydrogen-bond acceptors (Lipinski definition) is 4. The summed E-state index contributed by atoms with van der Waals surface area (Å²) in [7, 11) is 4.16. The Hall–Kier alpha value is -2.28. The highest BCUT2D eigenvalue weighted by molar-refractivity contribution is 14.0. The Labute approximate surface area is 260 Å². The number of carbonyl (C=O) groups excluding carboxylic acids is 1. The molecule has 6 atom stereocenters. The van der Waals surface area contributed by atoms with Crippen LogP contribution in [0.25, 0.3) is 0 Å². The van der Waals surface area contributed by atoms with Crippen molar-refractivity contribution in [3.05, 3.63) is 57.6 Å². The van der Waals surface area contributed by atoms with E-state index in [4.69, 9.17) is 4.74 Å². The Bertz CT molecular complexity index is 1510. The smallest absolute Gasteiger partial charge is 0.298 e. The van der Waals surface area contributed by atoms with Gasteiger partial charge >= 0.3 is 0 Å². The van der Waals surface area contributed by atoms with Crippen molar-refractivity contribution in [1.82, 2.24) is 4.90 Å². The predicted octanol–water partition coefficient (Wildman–Crippen LogP) is 4.52. The van der Waals surface area contributed by atoms with E-state index in [-0.39, 0.29) is 47.7 Å². The molecular weight excluding hydrogens is 627 g/mol. The van der Waals surface area contributed by atoms with Gasteiger partial charge in [0.2, 0.25) is 0 Å². The number of likely N-dealkylation sites (tertiary alicyclic amines) is 1. The highest BCUT2D eigenvalue weighted by Gasteiger charge is 2.76. The van der Waals surface area contributed by atoms with Gasteiger partial charge in [0.25, 0.3) is 5.91 Å². The molecule has 2 bridgehead atoms. The van der Waals surface area contributed by atoms with Crippen LogP contribution in [0.5, 0.6) is 11.5 Å². The number of aliphatic hydroxyl groups is 1. The summed E-state index contributed by atoms with van der Waals surface area (Å²) in [5.41, 5.74) is 4.97.